The van der Waals surface area contributed by atoms with Gasteiger partial charge in [-0.15, -0.1) is 0 Å². The molecule has 0 unspecified atom stereocenters. The van der Waals surface area contributed by atoms with Crippen molar-refractivity contribution in [1.82, 2.24) is 9.78 Å². The normalized spacial score (nSPS) is 11.9. The molecule has 0 aliphatic carbocycles. The molecule has 25 heavy (non-hydrogen) atoms. The summed E-state index contributed by atoms with van der Waals surface area (Å²) in [5, 5.41) is 7.12. The Labute approximate surface area is 149 Å². The number of nitrogens with zero attached hydrogens (tertiary/aromatic N) is 2. The van der Waals surface area contributed by atoms with E-state index in [9.17, 15) is 9.00 Å². The third-order valence-corrected chi connectivity index (χ3v) is 4.38. The second-order valence-electron chi connectivity index (χ2n) is 5.78. The van der Waals surface area contributed by atoms with E-state index in [4.69, 9.17) is 0 Å². The Morgan fingerprint density at radius 1 is 1.12 bits per heavy atom. The van der Waals surface area contributed by atoms with Gasteiger partial charge >= 0.3 is 0 Å². The van der Waals surface area contributed by atoms with Crippen LogP contribution in [0.1, 0.15) is 21.5 Å². The molecule has 0 aliphatic rings. The monoisotopic (exact) mass is 353 g/mol. The van der Waals surface area contributed by atoms with Crippen LogP contribution in [0, 0.1) is 0 Å². The average Bonchev–Trinajstić information content (AvgIpc) is 3.02. The highest BCUT2D eigenvalue weighted by atomic mass is 32.2. The number of hydrogen-bond donors (Lipinski definition) is 1. The number of aromatic nitrogens is 2. The molecular weight excluding hydrogens is 334 g/mol. The van der Waals surface area contributed by atoms with E-state index >= 15 is 0 Å². The predicted molar refractivity (Wildman–Crippen MR) is 99.9 cm³/mol. The lowest BCUT2D eigenvalue weighted by atomic mass is 10.1. The van der Waals surface area contributed by atoms with Gasteiger partial charge in [0.2, 0.25) is 0 Å². The van der Waals surface area contributed by atoms with Crippen molar-refractivity contribution in [3.8, 4) is 0 Å². The molecule has 0 saturated carbocycles. The van der Waals surface area contributed by atoms with Crippen molar-refractivity contribution in [3.05, 3.63) is 83.7 Å². The molecule has 128 valence electrons. The van der Waals surface area contributed by atoms with Crippen LogP contribution in [0.5, 0.6) is 0 Å². The number of hydrogen-bond acceptors (Lipinski definition) is 3. The number of amides is 1. The highest BCUT2D eigenvalue weighted by Gasteiger charge is 2.09. The average molecular weight is 353 g/mol. The number of benzene rings is 2. The van der Waals surface area contributed by atoms with Crippen molar-refractivity contribution in [2.45, 2.75) is 12.3 Å². The van der Waals surface area contributed by atoms with Crippen molar-refractivity contribution in [2.24, 2.45) is 0 Å². The van der Waals surface area contributed by atoms with Crippen molar-refractivity contribution >= 4 is 22.4 Å². The fraction of sp³-hybridized carbons (Fsp3) is 0.158. The molecule has 1 heterocycles. The maximum Gasteiger partial charge on any atom is 0.255 e. The van der Waals surface area contributed by atoms with Crippen LogP contribution in [-0.2, 0) is 23.1 Å². The molecule has 0 fully saturated rings. The maximum absolute atomic E-state index is 12.4. The minimum atomic E-state index is -0.937. The van der Waals surface area contributed by atoms with Gasteiger partial charge in [0.1, 0.15) is 0 Å². The molecule has 1 amide bonds. The van der Waals surface area contributed by atoms with Crippen LogP contribution < -0.4 is 5.32 Å². The van der Waals surface area contributed by atoms with E-state index in [2.05, 4.69) is 10.4 Å². The van der Waals surface area contributed by atoms with E-state index in [-0.39, 0.29) is 5.91 Å². The summed E-state index contributed by atoms with van der Waals surface area (Å²) >= 11 is 0. The van der Waals surface area contributed by atoms with Gasteiger partial charge in [-0.05, 0) is 23.3 Å². The lowest BCUT2D eigenvalue weighted by molar-refractivity contribution is 0.102. The smallest absolute Gasteiger partial charge is 0.255 e. The number of carbonyl (C=O) groups excluding carboxylic acids is 1. The van der Waals surface area contributed by atoms with E-state index in [0.29, 0.717) is 23.5 Å². The molecule has 1 N–H and O–H groups in total. The molecule has 1 aromatic heterocycles. The van der Waals surface area contributed by atoms with Crippen molar-refractivity contribution in [1.29, 1.82) is 0 Å². The Morgan fingerprint density at radius 3 is 2.64 bits per heavy atom. The molecular formula is C19H19N3O2S. The van der Waals surface area contributed by atoms with Crippen molar-refractivity contribution in [3.63, 3.8) is 0 Å². The highest BCUT2D eigenvalue weighted by Crippen LogP contribution is 2.12. The Kier molecular flexibility index (Phi) is 5.40. The van der Waals surface area contributed by atoms with Crippen molar-refractivity contribution < 1.29 is 9.00 Å². The van der Waals surface area contributed by atoms with E-state index in [0.717, 1.165) is 11.1 Å². The Morgan fingerprint density at radius 2 is 1.88 bits per heavy atom. The standard InChI is InChI=1S/C19H19N3O2S/c1-25(24)14-16-8-5-9-17(10-16)19(23)21-18-11-20-22(13-18)12-15-6-3-2-4-7-15/h2-11,13H,12,14H2,1H3,(H,21,23)/t25-/m1/s1. The predicted octanol–water partition coefficient (Wildman–Crippen LogP) is 3.06. The summed E-state index contributed by atoms with van der Waals surface area (Å²) in [5.41, 5.74) is 3.21. The van der Waals surface area contributed by atoms with Crippen LogP contribution in [-0.4, -0.2) is 26.2 Å². The number of carbonyl (C=O) groups is 1. The lowest BCUT2D eigenvalue weighted by Gasteiger charge is -2.05. The van der Waals surface area contributed by atoms with Crippen LogP contribution in [0.2, 0.25) is 0 Å². The van der Waals surface area contributed by atoms with Gasteiger partial charge in [-0.3, -0.25) is 13.7 Å². The van der Waals surface area contributed by atoms with E-state index in [1.54, 1.807) is 41.5 Å². The van der Waals surface area contributed by atoms with Crippen molar-refractivity contribution in [2.75, 3.05) is 11.6 Å². The first kappa shape index (κ1) is 17.1. The third-order valence-electron chi connectivity index (χ3n) is 3.64. The molecule has 0 saturated heterocycles. The quantitative estimate of drug-likeness (QED) is 0.741. The van der Waals surface area contributed by atoms with Gasteiger partial charge in [0.25, 0.3) is 5.91 Å². The van der Waals surface area contributed by atoms with Gasteiger partial charge in [-0.2, -0.15) is 5.10 Å². The third kappa shape index (κ3) is 4.87. The number of rotatable bonds is 6. The van der Waals surface area contributed by atoms with Crippen LogP contribution in [0.4, 0.5) is 5.69 Å². The van der Waals surface area contributed by atoms with Gasteiger partial charge in [0.05, 0.1) is 18.4 Å². The summed E-state index contributed by atoms with van der Waals surface area (Å²) in [6.45, 7) is 0.647. The van der Waals surface area contributed by atoms with Gasteiger partial charge in [0.15, 0.2) is 0 Å². The van der Waals surface area contributed by atoms with Gasteiger partial charge < -0.3 is 5.32 Å². The second-order valence-corrected chi connectivity index (χ2v) is 7.22. The number of anilines is 1. The first-order valence-corrected chi connectivity index (χ1v) is 9.59. The molecule has 6 heteroatoms. The topological polar surface area (TPSA) is 64.0 Å². The lowest BCUT2D eigenvalue weighted by Crippen LogP contribution is -2.12. The van der Waals surface area contributed by atoms with Crippen LogP contribution in [0.15, 0.2) is 67.0 Å². The number of nitrogens with one attached hydrogen (secondary N) is 1. The largest absolute Gasteiger partial charge is 0.319 e. The molecule has 1 atom stereocenters. The van der Waals surface area contributed by atoms with E-state index in [1.807, 2.05) is 36.4 Å². The SMILES string of the molecule is C[S@@](=O)Cc1cccc(C(=O)Nc2cnn(Cc3ccccc3)c2)c1. The summed E-state index contributed by atoms with van der Waals surface area (Å²) in [6, 6.07) is 17.2. The minimum absolute atomic E-state index is 0.206. The molecule has 5 nitrogen and oxygen atoms in total. The van der Waals surface area contributed by atoms with Crippen LogP contribution in [0.3, 0.4) is 0 Å². The van der Waals surface area contributed by atoms with Gasteiger partial charge in [-0.25, -0.2) is 0 Å². The molecule has 3 aromatic rings. The Hall–Kier alpha value is -2.73. The highest BCUT2D eigenvalue weighted by molar-refractivity contribution is 7.83. The van der Waals surface area contributed by atoms with Crippen LogP contribution in [0.25, 0.3) is 0 Å². The Bertz CT molecular complexity index is 890. The first-order valence-electron chi connectivity index (χ1n) is 7.87. The van der Waals surface area contributed by atoms with E-state index in [1.165, 1.54) is 0 Å². The maximum atomic E-state index is 12.4. The molecule has 0 bridgehead atoms. The second kappa shape index (κ2) is 7.90. The molecule has 2 aromatic carbocycles. The van der Waals surface area contributed by atoms with Gasteiger partial charge in [-0.1, -0.05) is 42.5 Å². The summed E-state index contributed by atoms with van der Waals surface area (Å²) in [4.78, 5) is 12.4. The molecule has 3 rings (SSSR count). The molecule has 0 radical (unpaired) electrons. The fourth-order valence-electron chi connectivity index (χ4n) is 2.53. The zero-order valence-corrected chi connectivity index (χ0v) is 14.7. The fourth-order valence-corrected chi connectivity index (χ4v) is 3.17. The zero-order valence-electron chi connectivity index (χ0n) is 13.9. The minimum Gasteiger partial charge on any atom is -0.319 e. The van der Waals surface area contributed by atoms with Gasteiger partial charge in [0, 0.05) is 34.6 Å². The first-order chi connectivity index (χ1) is 12.1. The Balaban J connectivity index is 1.66. The van der Waals surface area contributed by atoms with Crippen LogP contribution >= 0.6 is 0 Å². The summed E-state index contributed by atoms with van der Waals surface area (Å²) in [6.07, 6.45) is 5.08. The summed E-state index contributed by atoms with van der Waals surface area (Å²) < 4.78 is 13.1. The molecule has 0 spiro atoms. The summed E-state index contributed by atoms with van der Waals surface area (Å²) in [5.74, 6) is 0.235. The summed E-state index contributed by atoms with van der Waals surface area (Å²) in [7, 11) is -0.937. The molecule has 0 aliphatic heterocycles. The van der Waals surface area contributed by atoms with E-state index < -0.39 is 10.8 Å². The zero-order chi connectivity index (χ0) is 17.6.